The van der Waals surface area contributed by atoms with Gasteiger partial charge in [0, 0.05) is 0 Å². The average molecular weight is 155 g/mol. The summed E-state index contributed by atoms with van der Waals surface area (Å²) in [7, 11) is 0. The fraction of sp³-hybridized carbons (Fsp3) is 0.778. The monoisotopic (exact) mass is 155 g/mol. The van der Waals surface area contributed by atoms with Crippen LogP contribution in [0, 0.1) is 0 Å². The Hall–Kier alpha value is -0.500. The molecule has 1 unspecified atom stereocenters. The summed E-state index contributed by atoms with van der Waals surface area (Å²) < 4.78 is 5.40. The second-order valence-corrected chi connectivity index (χ2v) is 3.02. The fourth-order valence-corrected chi connectivity index (χ4v) is 1.25. The molecule has 11 heavy (non-hydrogen) atoms. The Morgan fingerprint density at radius 2 is 2.45 bits per heavy atom. The summed E-state index contributed by atoms with van der Waals surface area (Å²) in [5.74, 6) is 0.881. The van der Waals surface area contributed by atoms with E-state index >= 15 is 0 Å². The predicted octanol–water partition coefficient (Wildman–Crippen LogP) is 2.03. The number of nitrogens with one attached hydrogen (secondary N) is 1. The molecule has 2 nitrogen and oxygen atoms in total. The van der Waals surface area contributed by atoms with Crippen molar-refractivity contribution in [2.45, 2.75) is 38.8 Å². The second kappa shape index (κ2) is 4.39. The van der Waals surface area contributed by atoms with Gasteiger partial charge in [0.05, 0.1) is 6.54 Å². The molecule has 1 atom stereocenters. The van der Waals surface area contributed by atoms with Crippen LogP contribution in [0.2, 0.25) is 0 Å². The van der Waals surface area contributed by atoms with Gasteiger partial charge in [-0.1, -0.05) is 26.3 Å². The van der Waals surface area contributed by atoms with Gasteiger partial charge in [-0.05, 0) is 12.8 Å². The maximum Gasteiger partial charge on any atom is 0.150 e. The summed E-state index contributed by atoms with van der Waals surface area (Å²) in [6.07, 6.45) is 5.18. The highest BCUT2D eigenvalue weighted by Gasteiger charge is 2.16. The van der Waals surface area contributed by atoms with Crippen molar-refractivity contribution in [2.24, 2.45) is 0 Å². The molecule has 1 aliphatic rings. The molecule has 1 rings (SSSR count). The van der Waals surface area contributed by atoms with Crippen LogP contribution >= 0.6 is 0 Å². The maximum atomic E-state index is 5.40. The molecule has 1 aliphatic heterocycles. The van der Waals surface area contributed by atoms with E-state index in [-0.39, 0.29) is 6.23 Å². The van der Waals surface area contributed by atoms with E-state index in [9.17, 15) is 0 Å². The quantitative estimate of drug-likeness (QED) is 0.627. The zero-order valence-corrected chi connectivity index (χ0v) is 7.23. The molecule has 0 amide bonds. The molecule has 1 heterocycles. The normalized spacial score (nSPS) is 23.7. The SMILES string of the molecule is C=C1CNC(CCCCC)O1. The van der Waals surface area contributed by atoms with Crippen molar-refractivity contribution in [3.05, 3.63) is 12.3 Å². The Balaban J connectivity index is 2.04. The molecule has 0 aromatic rings. The second-order valence-electron chi connectivity index (χ2n) is 3.02. The minimum Gasteiger partial charge on any atom is -0.479 e. The number of hydrogen-bond donors (Lipinski definition) is 1. The molecular formula is C9H17NO. The van der Waals surface area contributed by atoms with Crippen molar-refractivity contribution >= 4 is 0 Å². The molecule has 0 aromatic heterocycles. The van der Waals surface area contributed by atoms with E-state index in [0.29, 0.717) is 0 Å². The van der Waals surface area contributed by atoms with E-state index in [1.165, 1.54) is 19.3 Å². The van der Waals surface area contributed by atoms with Gasteiger partial charge >= 0.3 is 0 Å². The van der Waals surface area contributed by atoms with E-state index in [0.717, 1.165) is 18.7 Å². The van der Waals surface area contributed by atoms with E-state index in [2.05, 4.69) is 18.8 Å². The van der Waals surface area contributed by atoms with Gasteiger partial charge in [0.25, 0.3) is 0 Å². The maximum absolute atomic E-state index is 5.40. The smallest absolute Gasteiger partial charge is 0.150 e. The summed E-state index contributed by atoms with van der Waals surface area (Å²) in [5.41, 5.74) is 0. The minimum atomic E-state index is 0.244. The first-order valence-electron chi connectivity index (χ1n) is 4.40. The molecule has 0 aliphatic carbocycles. The Kier molecular flexibility index (Phi) is 3.43. The largest absolute Gasteiger partial charge is 0.479 e. The van der Waals surface area contributed by atoms with E-state index in [1.807, 2.05) is 0 Å². The van der Waals surface area contributed by atoms with Crippen LogP contribution < -0.4 is 5.32 Å². The zero-order chi connectivity index (χ0) is 8.10. The van der Waals surface area contributed by atoms with Crippen molar-refractivity contribution in [3.63, 3.8) is 0 Å². The third kappa shape index (κ3) is 2.93. The van der Waals surface area contributed by atoms with Gasteiger partial charge in [0.1, 0.15) is 12.0 Å². The van der Waals surface area contributed by atoms with Crippen LogP contribution in [-0.2, 0) is 4.74 Å². The summed E-state index contributed by atoms with van der Waals surface area (Å²) >= 11 is 0. The molecule has 0 bridgehead atoms. The lowest BCUT2D eigenvalue weighted by atomic mass is 10.2. The Bertz CT molecular complexity index is 134. The molecule has 2 heteroatoms. The molecular weight excluding hydrogens is 138 g/mol. The molecule has 1 fully saturated rings. The third-order valence-electron chi connectivity index (χ3n) is 1.91. The highest BCUT2D eigenvalue weighted by Crippen LogP contribution is 2.12. The first-order chi connectivity index (χ1) is 5.33. The van der Waals surface area contributed by atoms with Crippen molar-refractivity contribution in [1.82, 2.24) is 5.32 Å². The van der Waals surface area contributed by atoms with Gasteiger partial charge < -0.3 is 4.74 Å². The Labute approximate surface area is 68.6 Å². The average Bonchev–Trinajstić information content (AvgIpc) is 2.37. The molecule has 0 spiro atoms. The summed E-state index contributed by atoms with van der Waals surface area (Å²) in [5, 5.41) is 3.24. The number of hydrogen-bond acceptors (Lipinski definition) is 2. The van der Waals surface area contributed by atoms with Crippen LogP contribution in [0.25, 0.3) is 0 Å². The summed E-state index contributed by atoms with van der Waals surface area (Å²) in [6.45, 7) is 6.79. The molecule has 0 saturated carbocycles. The lowest BCUT2D eigenvalue weighted by molar-refractivity contribution is 0.135. The number of rotatable bonds is 4. The van der Waals surface area contributed by atoms with Gasteiger partial charge in [-0.25, -0.2) is 0 Å². The first kappa shape index (κ1) is 8.60. The predicted molar refractivity (Wildman–Crippen MR) is 46.2 cm³/mol. The van der Waals surface area contributed by atoms with Crippen molar-refractivity contribution in [2.75, 3.05) is 6.54 Å². The van der Waals surface area contributed by atoms with Gasteiger partial charge in [0.2, 0.25) is 0 Å². The standard InChI is InChI=1S/C9H17NO/c1-3-4-5-6-9-10-7-8(2)11-9/h9-10H,2-7H2,1H3. The first-order valence-corrected chi connectivity index (χ1v) is 4.40. The summed E-state index contributed by atoms with van der Waals surface area (Å²) in [6, 6.07) is 0. The van der Waals surface area contributed by atoms with Crippen molar-refractivity contribution in [3.8, 4) is 0 Å². The van der Waals surface area contributed by atoms with E-state index in [4.69, 9.17) is 4.74 Å². The van der Waals surface area contributed by atoms with Gasteiger partial charge in [-0.2, -0.15) is 0 Å². The van der Waals surface area contributed by atoms with Crippen molar-refractivity contribution < 1.29 is 4.74 Å². The molecule has 1 saturated heterocycles. The van der Waals surface area contributed by atoms with Gasteiger partial charge in [0.15, 0.2) is 0 Å². The van der Waals surface area contributed by atoms with Crippen LogP contribution in [0.5, 0.6) is 0 Å². The molecule has 0 radical (unpaired) electrons. The fourth-order valence-electron chi connectivity index (χ4n) is 1.25. The van der Waals surface area contributed by atoms with E-state index in [1.54, 1.807) is 0 Å². The number of ether oxygens (including phenoxy) is 1. The van der Waals surface area contributed by atoms with Gasteiger partial charge in [-0.3, -0.25) is 5.32 Å². The summed E-state index contributed by atoms with van der Waals surface area (Å²) in [4.78, 5) is 0. The minimum absolute atomic E-state index is 0.244. The van der Waals surface area contributed by atoms with Crippen LogP contribution in [0.1, 0.15) is 32.6 Å². The lowest BCUT2D eigenvalue weighted by Crippen LogP contribution is -2.21. The van der Waals surface area contributed by atoms with E-state index < -0.39 is 0 Å². The van der Waals surface area contributed by atoms with Crippen LogP contribution in [0.15, 0.2) is 12.3 Å². The van der Waals surface area contributed by atoms with Crippen LogP contribution in [0.4, 0.5) is 0 Å². The van der Waals surface area contributed by atoms with Gasteiger partial charge in [-0.15, -0.1) is 0 Å². The zero-order valence-electron chi connectivity index (χ0n) is 7.23. The Morgan fingerprint density at radius 1 is 1.64 bits per heavy atom. The lowest BCUT2D eigenvalue weighted by Gasteiger charge is -2.08. The molecule has 64 valence electrons. The topological polar surface area (TPSA) is 21.3 Å². The molecule has 1 N–H and O–H groups in total. The van der Waals surface area contributed by atoms with Crippen molar-refractivity contribution in [1.29, 1.82) is 0 Å². The Morgan fingerprint density at radius 3 is 3.00 bits per heavy atom. The highest BCUT2D eigenvalue weighted by molar-refractivity contribution is 4.92. The molecule has 0 aromatic carbocycles. The number of unbranched alkanes of at least 4 members (excludes halogenated alkanes) is 2. The third-order valence-corrected chi connectivity index (χ3v) is 1.91. The van der Waals surface area contributed by atoms with Crippen LogP contribution in [-0.4, -0.2) is 12.8 Å². The van der Waals surface area contributed by atoms with Crippen LogP contribution in [0.3, 0.4) is 0 Å². The highest BCUT2D eigenvalue weighted by atomic mass is 16.5.